The van der Waals surface area contributed by atoms with Crippen LogP contribution in [0.25, 0.3) is 0 Å². The molecule has 0 saturated carbocycles. The monoisotopic (exact) mass is 776 g/mol. The normalized spacial score (nSPS) is 13.8. The Morgan fingerprint density at radius 2 is 1.37 bits per heavy atom. The van der Waals surface area contributed by atoms with Crippen molar-refractivity contribution in [3.63, 3.8) is 0 Å². The Balaban J connectivity index is 1.09. The highest BCUT2D eigenvalue weighted by atomic mass is 16.6. The SMILES string of the molecule is CC(C)C[C@H](NC(=O)COc1ccccc1C(=O)c1ccccc1)C(=O)N[C@@H](Cc1ccc(OC(=O)N2CCC(NC(=O)Cc3ccccc3)CC2)cc1)C(=O)O. The fourth-order valence-corrected chi connectivity index (χ4v) is 6.44. The predicted octanol–water partition coefficient (Wildman–Crippen LogP) is 4.96. The Bertz CT molecular complexity index is 2000. The number of ketones is 1. The van der Waals surface area contributed by atoms with Crippen LogP contribution in [0.15, 0.2) is 109 Å². The number of carboxylic acids is 1. The summed E-state index contributed by atoms with van der Waals surface area (Å²) in [5, 5.41) is 18.2. The molecule has 0 unspecified atom stereocenters. The average molecular weight is 777 g/mol. The second-order valence-corrected chi connectivity index (χ2v) is 14.3. The molecule has 4 aromatic rings. The number of amides is 4. The summed E-state index contributed by atoms with van der Waals surface area (Å²) in [4.78, 5) is 78.7. The van der Waals surface area contributed by atoms with Gasteiger partial charge >= 0.3 is 12.1 Å². The maximum absolute atomic E-state index is 13.4. The number of ether oxygens (including phenoxy) is 2. The van der Waals surface area contributed by atoms with E-state index in [-0.39, 0.29) is 53.6 Å². The van der Waals surface area contributed by atoms with E-state index in [1.54, 1.807) is 83.8 Å². The molecule has 4 aromatic carbocycles. The van der Waals surface area contributed by atoms with Crippen molar-refractivity contribution in [3.05, 3.63) is 131 Å². The Hall–Kier alpha value is -6.50. The lowest BCUT2D eigenvalue weighted by Crippen LogP contribution is -2.53. The molecular formula is C44H48N4O9. The zero-order valence-electron chi connectivity index (χ0n) is 32.0. The maximum atomic E-state index is 13.4. The number of benzene rings is 4. The van der Waals surface area contributed by atoms with E-state index in [4.69, 9.17) is 9.47 Å². The molecular weight excluding hydrogens is 729 g/mol. The first-order valence-electron chi connectivity index (χ1n) is 19.0. The van der Waals surface area contributed by atoms with Crippen LogP contribution >= 0.6 is 0 Å². The number of likely N-dealkylation sites (tertiary alicyclic amines) is 1. The highest BCUT2D eigenvalue weighted by molar-refractivity contribution is 6.10. The van der Waals surface area contributed by atoms with Crippen LogP contribution in [0.4, 0.5) is 4.79 Å². The Labute approximate surface area is 331 Å². The summed E-state index contributed by atoms with van der Waals surface area (Å²) < 4.78 is 11.3. The highest BCUT2D eigenvalue weighted by Gasteiger charge is 2.29. The number of carbonyl (C=O) groups is 6. The molecule has 1 heterocycles. The number of aliphatic carboxylic acids is 1. The van der Waals surface area contributed by atoms with Gasteiger partial charge in [-0.05, 0) is 60.6 Å². The molecule has 4 amide bonds. The number of para-hydroxylation sites is 1. The van der Waals surface area contributed by atoms with Gasteiger partial charge in [0.05, 0.1) is 12.0 Å². The van der Waals surface area contributed by atoms with Gasteiger partial charge in [-0.15, -0.1) is 0 Å². The van der Waals surface area contributed by atoms with Crippen molar-refractivity contribution in [2.45, 2.75) is 64.1 Å². The lowest BCUT2D eigenvalue weighted by atomic mass is 10.0. The molecule has 298 valence electrons. The first-order valence-corrected chi connectivity index (χ1v) is 19.0. The lowest BCUT2D eigenvalue weighted by Gasteiger charge is -2.31. The number of hydrogen-bond donors (Lipinski definition) is 4. The van der Waals surface area contributed by atoms with E-state index in [1.807, 2.05) is 44.2 Å². The fourth-order valence-electron chi connectivity index (χ4n) is 6.44. The van der Waals surface area contributed by atoms with Gasteiger partial charge < -0.3 is 35.4 Å². The number of rotatable bonds is 17. The third-order valence-electron chi connectivity index (χ3n) is 9.39. The predicted molar refractivity (Wildman–Crippen MR) is 212 cm³/mol. The van der Waals surface area contributed by atoms with Crippen molar-refractivity contribution < 1.29 is 43.3 Å². The van der Waals surface area contributed by atoms with E-state index >= 15 is 0 Å². The summed E-state index contributed by atoms with van der Waals surface area (Å²) in [6.07, 6.45) is 1.12. The smallest absolute Gasteiger partial charge is 0.415 e. The van der Waals surface area contributed by atoms with Crippen LogP contribution in [0.2, 0.25) is 0 Å². The topological polar surface area (TPSA) is 180 Å². The van der Waals surface area contributed by atoms with Gasteiger partial charge in [0.2, 0.25) is 11.8 Å². The van der Waals surface area contributed by atoms with Gasteiger partial charge in [0, 0.05) is 31.1 Å². The summed E-state index contributed by atoms with van der Waals surface area (Å²) in [6, 6.07) is 28.6. The Morgan fingerprint density at radius 3 is 2.02 bits per heavy atom. The largest absolute Gasteiger partial charge is 0.483 e. The molecule has 0 spiro atoms. The second kappa shape index (κ2) is 20.4. The van der Waals surface area contributed by atoms with Crippen LogP contribution in [0.1, 0.15) is 60.2 Å². The number of hydrogen-bond acceptors (Lipinski definition) is 8. The molecule has 0 aliphatic carbocycles. The molecule has 2 atom stereocenters. The van der Waals surface area contributed by atoms with E-state index in [2.05, 4.69) is 16.0 Å². The molecule has 4 N–H and O–H groups in total. The van der Waals surface area contributed by atoms with Gasteiger partial charge in [0.1, 0.15) is 23.6 Å². The number of nitrogens with one attached hydrogen (secondary N) is 3. The quantitative estimate of drug-likeness (QED) is 0.108. The van der Waals surface area contributed by atoms with Gasteiger partial charge in [-0.25, -0.2) is 9.59 Å². The van der Waals surface area contributed by atoms with Gasteiger partial charge in [0.25, 0.3) is 5.91 Å². The average Bonchev–Trinajstić information content (AvgIpc) is 3.20. The first kappa shape index (κ1) is 41.7. The molecule has 1 aliphatic rings. The summed E-state index contributed by atoms with van der Waals surface area (Å²) in [5.74, 6) is -2.44. The third-order valence-corrected chi connectivity index (χ3v) is 9.39. The van der Waals surface area contributed by atoms with Crippen molar-refractivity contribution in [3.8, 4) is 11.5 Å². The zero-order valence-corrected chi connectivity index (χ0v) is 32.0. The number of nitrogens with zero attached hydrogens (tertiary/aromatic N) is 1. The number of carbonyl (C=O) groups excluding carboxylic acids is 5. The molecule has 0 radical (unpaired) electrons. The molecule has 13 nitrogen and oxygen atoms in total. The summed E-state index contributed by atoms with van der Waals surface area (Å²) in [7, 11) is 0. The van der Waals surface area contributed by atoms with Crippen LogP contribution in [0, 0.1) is 5.92 Å². The van der Waals surface area contributed by atoms with E-state index < -0.39 is 42.6 Å². The number of carboxylic acid groups (broad SMARTS) is 1. The van der Waals surface area contributed by atoms with E-state index in [9.17, 15) is 33.9 Å². The molecule has 1 saturated heterocycles. The van der Waals surface area contributed by atoms with Crippen LogP contribution in [0.3, 0.4) is 0 Å². The standard InChI is InChI=1S/C44H48N4O9/c1-29(2)25-36(46-40(50)28-56-38-16-10-9-15-35(38)41(51)32-13-7-4-8-14-32)42(52)47-37(43(53)54)26-31-17-19-34(20-18-31)57-44(55)48-23-21-33(22-24-48)45-39(49)27-30-11-5-3-6-12-30/h3-20,29,33,36-37H,21-28H2,1-2H3,(H,45,49)(H,46,50)(H,47,52)(H,53,54)/t36-,37-/m0/s1. The molecule has 1 aliphatic heterocycles. The van der Waals surface area contributed by atoms with Gasteiger partial charge in [0.15, 0.2) is 12.4 Å². The first-order chi connectivity index (χ1) is 27.4. The van der Waals surface area contributed by atoms with E-state index in [0.29, 0.717) is 43.5 Å². The van der Waals surface area contributed by atoms with Crippen LogP contribution in [-0.4, -0.2) is 83.4 Å². The molecule has 0 bridgehead atoms. The minimum atomic E-state index is -1.32. The molecule has 0 aromatic heterocycles. The fraction of sp³-hybridized carbons (Fsp3) is 0.318. The molecule has 57 heavy (non-hydrogen) atoms. The van der Waals surface area contributed by atoms with Crippen molar-refractivity contribution in [2.75, 3.05) is 19.7 Å². The lowest BCUT2D eigenvalue weighted by molar-refractivity contribution is -0.142. The molecule has 13 heteroatoms. The van der Waals surface area contributed by atoms with Crippen LogP contribution < -0.4 is 25.4 Å². The van der Waals surface area contributed by atoms with Crippen molar-refractivity contribution in [1.82, 2.24) is 20.9 Å². The maximum Gasteiger partial charge on any atom is 0.415 e. The highest BCUT2D eigenvalue weighted by Crippen LogP contribution is 2.22. The van der Waals surface area contributed by atoms with Crippen molar-refractivity contribution >= 4 is 35.6 Å². The summed E-state index contributed by atoms with van der Waals surface area (Å²) >= 11 is 0. The second-order valence-electron chi connectivity index (χ2n) is 14.3. The Kier molecular flexibility index (Phi) is 14.9. The summed E-state index contributed by atoms with van der Waals surface area (Å²) in [6.45, 7) is 4.09. The van der Waals surface area contributed by atoms with Crippen LogP contribution in [-0.2, 0) is 32.0 Å². The zero-order chi connectivity index (χ0) is 40.7. The number of piperidine rings is 1. The molecule has 1 fully saturated rings. The van der Waals surface area contributed by atoms with E-state index in [0.717, 1.165) is 5.56 Å². The summed E-state index contributed by atoms with van der Waals surface area (Å²) in [5.41, 5.74) is 2.24. The van der Waals surface area contributed by atoms with Crippen molar-refractivity contribution in [2.24, 2.45) is 5.92 Å². The third kappa shape index (κ3) is 12.8. The van der Waals surface area contributed by atoms with Gasteiger partial charge in [-0.3, -0.25) is 19.2 Å². The molecule has 5 rings (SSSR count). The van der Waals surface area contributed by atoms with E-state index in [1.165, 1.54) is 0 Å². The van der Waals surface area contributed by atoms with Gasteiger partial charge in [-0.1, -0.05) is 98.8 Å². The van der Waals surface area contributed by atoms with Crippen molar-refractivity contribution in [1.29, 1.82) is 0 Å². The minimum Gasteiger partial charge on any atom is -0.483 e. The Morgan fingerprint density at radius 1 is 0.737 bits per heavy atom. The van der Waals surface area contributed by atoms with Crippen LogP contribution in [0.5, 0.6) is 11.5 Å². The minimum absolute atomic E-state index is 0.0260. The van der Waals surface area contributed by atoms with Gasteiger partial charge in [-0.2, -0.15) is 0 Å².